The fourth-order valence-corrected chi connectivity index (χ4v) is 6.43. The highest BCUT2D eigenvalue weighted by Crippen LogP contribution is 2.50. The lowest BCUT2D eigenvalue weighted by atomic mass is 9.81. The van der Waals surface area contributed by atoms with Gasteiger partial charge in [-0.3, -0.25) is 0 Å². The van der Waals surface area contributed by atoms with E-state index in [4.69, 9.17) is 22.2 Å². The summed E-state index contributed by atoms with van der Waals surface area (Å²) in [6.07, 6.45) is 0. The van der Waals surface area contributed by atoms with Gasteiger partial charge >= 0.3 is 0 Å². The summed E-state index contributed by atoms with van der Waals surface area (Å²) >= 11 is 0. The van der Waals surface area contributed by atoms with E-state index in [0.717, 1.165) is 0 Å². The van der Waals surface area contributed by atoms with E-state index in [1.807, 2.05) is 0 Å². The van der Waals surface area contributed by atoms with Gasteiger partial charge in [-0.25, -0.2) is 0 Å². The number of fused-ring (bicyclic) bond motifs is 8. The number of para-hydroxylation sites is 1. The van der Waals surface area contributed by atoms with E-state index in [1.54, 1.807) is 0 Å². The number of hydrogen-bond acceptors (Lipinski definition) is 1. The van der Waals surface area contributed by atoms with Gasteiger partial charge in [-0.15, -0.1) is 0 Å². The van der Waals surface area contributed by atoms with Crippen LogP contribution in [0.15, 0.2) is 162 Å². The Hall–Kier alpha value is -5.92. The van der Waals surface area contributed by atoms with Crippen molar-refractivity contribution in [2.45, 2.75) is 19.3 Å². The molecule has 1 nitrogen and oxygen atoms in total. The highest BCUT2D eigenvalue weighted by atomic mass is 16.3. The second kappa shape index (κ2) is 10.0. The Morgan fingerprint density at radius 3 is 1.65 bits per heavy atom. The quantitative estimate of drug-likeness (QED) is 0.176. The molecule has 1 heteroatoms. The van der Waals surface area contributed by atoms with Crippen LogP contribution in [0.25, 0.3) is 88.0 Å². The van der Waals surface area contributed by atoms with Gasteiger partial charge in [-0.1, -0.05) is 141 Å². The van der Waals surface area contributed by atoms with E-state index >= 15 is 0 Å². The molecule has 0 amide bonds. The van der Waals surface area contributed by atoms with Gasteiger partial charge in [-0.05, 0) is 107 Å². The molecule has 1 aromatic heterocycles. The van der Waals surface area contributed by atoms with Gasteiger partial charge in [0.1, 0.15) is 11.2 Å². The number of hydrogen-bond donors (Lipinski definition) is 0. The number of furan rings is 1. The molecule has 0 aliphatic heterocycles. The Bertz CT molecular complexity index is 4150. The summed E-state index contributed by atoms with van der Waals surface area (Å²) in [6.45, 7) is 3.03. The molecule has 0 radical (unpaired) electrons. The first-order valence-electron chi connectivity index (χ1n) is 27.7. The van der Waals surface area contributed by atoms with Crippen LogP contribution in [0.1, 0.15) is 60.6 Å². The van der Waals surface area contributed by atoms with Crippen LogP contribution >= 0.6 is 0 Å². The fraction of sp³-hybridized carbons (Fsp3) is 0.0638. The topological polar surface area (TPSA) is 13.1 Å². The second-order valence-corrected chi connectivity index (χ2v) is 11.6. The zero-order chi connectivity index (χ0) is 54.6. The maximum atomic E-state index is 9.93. The van der Waals surface area contributed by atoms with Crippen LogP contribution in [0, 0.1) is 0 Å². The largest absolute Gasteiger partial charge is 0.456 e. The van der Waals surface area contributed by atoms with Gasteiger partial charge in [0.2, 0.25) is 0 Å². The molecule has 0 fully saturated rings. The smallest absolute Gasteiger partial charge is 0.135 e. The van der Waals surface area contributed by atoms with E-state index in [2.05, 4.69) is 0 Å². The minimum absolute atomic E-state index is 0.00681. The first-order valence-corrected chi connectivity index (χ1v) is 14.7. The predicted molar refractivity (Wildman–Crippen MR) is 203 cm³/mol. The van der Waals surface area contributed by atoms with Crippen molar-refractivity contribution in [1.82, 2.24) is 0 Å². The first-order chi connectivity index (χ1) is 34.4. The lowest BCUT2D eigenvalue weighted by molar-refractivity contribution is 0.660. The molecule has 0 unspecified atom stereocenters. The molecule has 0 saturated carbocycles. The maximum absolute atomic E-state index is 9.93. The Morgan fingerprint density at radius 1 is 0.396 bits per heavy atom. The SMILES string of the molecule is [2H]c1c([2H])c(-c2c([2H])c([2H])c3c(c2[2H])C(C)(C)c2c([2H])c([2H])c([2H])c([2H])c2-3)c([2H])c(-c2c3c([2H])c([2H])c([2H])c([2H])c3c(-c3c([2H])c([2H])c4oc5c([2H])c([2H])c([2H])c([2H])c5c4c3[2H])c3c([2H])c([2H])c([2H])c([2H])c23)c1[2H]. The molecule has 48 heavy (non-hydrogen) atoms. The molecular formula is C47H32O. The van der Waals surface area contributed by atoms with E-state index < -0.39 is 239 Å². The second-order valence-electron chi connectivity index (χ2n) is 11.6. The lowest BCUT2D eigenvalue weighted by Gasteiger charge is -2.22. The van der Waals surface area contributed by atoms with Crippen molar-refractivity contribution >= 4 is 43.5 Å². The van der Waals surface area contributed by atoms with Crippen molar-refractivity contribution in [2.24, 2.45) is 0 Å². The summed E-state index contributed by atoms with van der Waals surface area (Å²) in [5, 5.41) is -3.71. The van der Waals surface area contributed by atoms with Crippen molar-refractivity contribution in [3.05, 3.63) is 168 Å². The summed E-state index contributed by atoms with van der Waals surface area (Å²) in [4.78, 5) is 0. The highest BCUT2D eigenvalue weighted by molar-refractivity contribution is 6.22. The summed E-state index contributed by atoms with van der Waals surface area (Å²) in [5.41, 5.74) is -7.37. The average molecular weight is 639 g/mol. The third-order valence-corrected chi connectivity index (χ3v) is 8.64. The normalized spacial score (nSPS) is 21.0. The molecule has 8 aromatic carbocycles. The van der Waals surface area contributed by atoms with Crippen LogP contribution in [0.4, 0.5) is 0 Å². The van der Waals surface area contributed by atoms with Crippen molar-refractivity contribution in [3.8, 4) is 44.5 Å². The van der Waals surface area contributed by atoms with Crippen LogP contribution in [0.3, 0.4) is 0 Å². The van der Waals surface area contributed by atoms with Crippen LogP contribution in [-0.2, 0) is 5.41 Å². The Morgan fingerprint density at radius 2 is 0.917 bits per heavy atom. The van der Waals surface area contributed by atoms with Crippen molar-refractivity contribution < 1.29 is 40.1 Å². The molecule has 0 spiro atoms. The van der Waals surface area contributed by atoms with E-state index in [-0.39, 0.29) is 22.3 Å². The van der Waals surface area contributed by atoms with E-state index in [0.29, 0.717) is 0 Å². The van der Waals surface area contributed by atoms with E-state index in [9.17, 15) is 17.8 Å². The van der Waals surface area contributed by atoms with Gasteiger partial charge in [0, 0.05) is 16.2 Å². The standard InChI is InChI=1S/C47H32O/c1-47(2)41-20-9-7-14-33(41)34-24-22-30(28-42(34)47)29-12-11-13-31(26-29)45-36-16-3-5-18-38(36)46(39-19-6-4-17-37(39)45)32-23-25-44-40(27-32)35-15-8-10-21-43(35)48-44/h3-28H,1-2H3/i3D,4D,5D,6D,7D,8D,9D,10D,11D,12D,13D,14D,15D,16D,17D,18D,19D,20D,21D,22D,23D,24D,25D,26D,27D,28D. The van der Waals surface area contributed by atoms with Gasteiger partial charge in [0.25, 0.3) is 0 Å². The zero-order valence-electron chi connectivity index (χ0n) is 50.9. The number of benzene rings is 8. The highest BCUT2D eigenvalue weighted by Gasteiger charge is 2.35. The van der Waals surface area contributed by atoms with Gasteiger partial charge < -0.3 is 4.42 Å². The summed E-state index contributed by atoms with van der Waals surface area (Å²) in [7, 11) is 0. The third-order valence-electron chi connectivity index (χ3n) is 8.64. The minimum Gasteiger partial charge on any atom is -0.456 e. The van der Waals surface area contributed by atoms with Gasteiger partial charge in [0.15, 0.2) is 0 Å². The van der Waals surface area contributed by atoms with Crippen LogP contribution in [0.2, 0.25) is 0 Å². The maximum Gasteiger partial charge on any atom is 0.135 e. The number of rotatable bonds is 3. The molecule has 10 rings (SSSR count). The average Bonchev–Trinajstić information content (AvgIpc) is 3.88. The molecule has 226 valence electrons. The molecule has 1 aliphatic carbocycles. The summed E-state index contributed by atoms with van der Waals surface area (Å²) < 4.78 is 242. The minimum atomic E-state index is -1.50. The molecule has 9 aromatic rings. The monoisotopic (exact) mass is 638 g/mol. The predicted octanol–water partition coefficient (Wildman–Crippen LogP) is 13.2. The van der Waals surface area contributed by atoms with Crippen molar-refractivity contribution in [3.63, 3.8) is 0 Å². The Balaban J connectivity index is 1.44. The molecule has 0 N–H and O–H groups in total. The Kier molecular flexibility index (Phi) is 2.50. The molecular weight excluding hydrogens is 581 g/mol. The molecule has 0 bridgehead atoms. The van der Waals surface area contributed by atoms with Crippen molar-refractivity contribution in [1.29, 1.82) is 0 Å². The molecule has 0 saturated heterocycles. The Labute approximate surface area is 316 Å². The summed E-state index contributed by atoms with van der Waals surface area (Å²) in [6, 6.07) is -21.8. The van der Waals surface area contributed by atoms with Crippen LogP contribution < -0.4 is 0 Å². The zero-order valence-corrected chi connectivity index (χ0v) is 24.9. The van der Waals surface area contributed by atoms with Gasteiger partial charge in [0.05, 0.1) is 35.6 Å². The third kappa shape index (κ3) is 3.85. The van der Waals surface area contributed by atoms with Gasteiger partial charge in [-0.2, -0.15) is 0 Å². The van der Waals surface area contributed by atoms with Crippen LogP contribution in [-0.4, -0.2) is 0 Å². The first kappa shape index (κ1) is 12.0. The molecule has 1 aliphatic rings. The van der Waals surface area contributed by atoms with Crippen molar-refractivity contribution in [2.75, 3.05) is 0 Å². The lowest BCUT2D eigenvalue weighted by Crippen LogP contribution is -2.14. The molecule has 0 atom stereocenters. The molecule has 1 heterocycles. The summed E-state index contributed by atoms with van der Waals surface area (Å²) in [5.74, 6) is 0. The fourth-order valence-electron chi connectivity index (χ4n) is 6.43. The van der Waals surface area contributed by atoms with Crippen LogP contribution in [0.5, 0.6) is 0 Å². The van der Waals surface area contributed by atoms with E-state index in [1.165, 1.54) is 13.8 Å².